The maximum absolute atomic E-state index is 8.97. The maximum atomic E-state index is 8.97. The van der Waals surface area contributed by atoms with E-state index >= 15 is 0 Å². The average molecular weight is 248 g/mol. The number of rotatable bonds is 8. The molecule has 0 radical (unpaired) electrons. The first-order valence-electron chi connectivity index (χ1n) is 6.55. The summed E-state index contributed by atoms with van der Waals surface area (Å²) in [5.74, 6) is 0. The molecular formula is C15H24N2O. The van der Waals surface area contributed by atoms with Gasteiger partial charge in [-0.15, -0.1) is 0 Å². The SMILES string of the molecule is C=Cc1c(CCN(CC)CCO)c[nH]c1/C=C\C. The van der Waals surface area contributed by atoms with Crippen molar-refractivity contribution in [3.05, 3.63) is 35.7 Å². The Morgan fingerprint density at radius 3 is 2.78 bits per heavy atom. The quantitative estimate of drug-likeness (QED) is 0.742. The molecule has 18 heavy (non-hydrogen) atoms. The highest BCUT2D eigenvalue weighted by molar-refractivity contribution is 5.65. The van der Waals surface area contributed by atoms with Gasteiger partial charge in [0.25, 0.3) is 0 Å². The summed E-state index contributed by atoms with van der Waals surface area (Å²) in [7, 11) is 0. The molecule has 0 unspecified atom stereocenters. The molecule has 0 atom stereocenters. The van der Waals surface area contributed by atoms with Crippen LogP contribution in [0, 0.1) is 0 Å². The van der Waals surface area contributed by atoms with E-state index in [4.69, 9.17) is 5.11 Å². The molecule has 0 aliphatic heterocycles. The van der Waals surface area contributed by atoms with Gasteiger partial charge in [0.2, 0.25) is 0 Å². The number of likely N-dealkylation sites (N-methyl/N-ethyl adjacent to an activating group) is 1. The third kappa shape index (κ3) is 3.86. The van der Waals surface area contributed by atoms with E-state index < -0.39 is 0 Å². The van der Waals surface area contributed by atoms with E-state index in [0.717, 1.165) is 31.7 Å². The number of aromatic nitrogens is 1. The molecule has 0 bridgehead atoms. The Morgan fingerprint density at radius 1 is 1.44 bits per heavy atom. The number of allylic oxidation sites excluding steroid dienone is 1. The number of nitrogens with one attached hydrogen (secondary N) is 1. The molecule has 100 valence electrons. The average Bonchev–Trinajstić information content (AvgIpc) is 2.77. The van der Waals surface area contributed by atoms with Crippen molar-refractivity contribution < 1.29 is 5.11 Å². The van der Waals surface area contributed by atoms with Crippen LogP contribution in [0.4, 0.5) is 0 Å². The van der Waals surface area contributed by atoms with Crippen LogP contribution in [0.5, 0.6) is 0 Å². The van der Waals surface area contributed by atoms with Crippen LogP contribution in [0.2, 0.25) is 0 Å². The van der Waals surface area contributed by atoms with Crippen molar-refractivity contribution in [3.63, 3.8) is 0 Å². The van der Waals surface area contributed by atoms with Crippen molar-refractivity contribution in [2.24, 2.45) is 0 Å². The van der Waals surface area contributed by atoms with Crippen LogP contribution in [-0.2, 0) is 6.42 Å². The molecule has 0 aliphatic rings. The molecule has 1 aromatic heterocycles. The molecular weight excluding hydrogens is 224 g/mol. The van der Waals surface area contributed by atoms with Crippen molar-refractivity contribution in [1.82, 2.24) is 9.88 Å². The highest BCUT2D eigenvalue weighted by Gasteiger charge is 2.08. The molecule has 1 rings (SSSR count). The molecule has 0 aliphatic carbocycles. The second-order valence-electron chi connectivity index (χ2n) is 4.25. The highest BCUT2D eigenvalue weighted by Crippen LogP contribution is 2.18. The number of aromatic amines is 1. The van der Waals surface area contributed by atoms with Crippen LogP contribution < -0.4 is 0 Å². The number of aliphatic hydroxyl groups is 1. The Morgan fingerprint density at radius 2 is 2.22 bits per heavy atom. The van der Waals surface area contributed by atoms with E-state index in [2.05, 4.69) is 35.7 Å². The summed E-state index contributed by atoms with van der Waals surface area (Å²) < 4.78 is 0. The molecule has 3 nitrogen and oxygen atoms in total. The third-order valence-electron chi connectivity index (χ3n) is 3.14. The van der Waals surface area contributed by atoms with Gasteiger partial charge in [0, 0.05) is 30.5 Å². The first kappa shape index (κ1) is 14.7. The summed E-state index contributed by atoms with van der Waals surface area (Å²) >= 11 is 0. The van der Waals surface area contributed by atoms with Gasteiger partial charge in [-0.3, -0.25) is 0 Å². The summed E-state index contributed by atoms with van der Waals surface area (Å²) in [5, 5.41) is 8.97. The van der Waals surface area contributed by atoms with Gasteiger partial charge in [-0.1, -0.05) is 25.7 Å². The number of aliphatic hydroxyl groups excluding tert-OH is 1. The van der Waals surface area contributed by atoms with Gasteiger partial charge in [-0.05, 0) is 31.5 Å². The predicted octanol–water partition coefficient (Wildman–Crippen LogP) is 2.55. The molecule has 0 saturated carbocycles. The lowest BCUT2D eigenvalue weighted by Crippen LogP contribution is -2.28. The van der Waals surface area contributed by atoms with Crippen molar-refractivity contribution in [1.29, 1.82) is 0 Å². The Bertz CT molecular complexity index is 393. The fourth-order valence-corrected chi connectivity index (χ4v) is 2.09. The molecule has 0 amide bonds. The van der Waals surface area contributed by atoms with E-state index in [1.165, 1.54) is 11.1 Å². The summed E-state index contributed by atoms with van der Waals surface area (Å²) in [6, 6.07) is 0. The third-order valence-corrected chi connectivity index (χ3v) is 3.14. The van der Waals surface area contributed by atoms with E-state index in [1.807, 2.05) is 19.1 Å². The summed E-state index contributed by atoms with van der Waals surface area (Å²) in [5.41, 5.74) is 3.59. The summed E-state index contributed by atoms with van der Waals surface area (Å²) in [6.45, 7) is 10.9. The normalized spacial score (nSPS) is 11.6. The van der Waals surface area contributed by atoms with Gasteiger partial charge >= 0.3 is 0 Å². The fraction of sp³-hybridized carbons (Fsp3) is 0.467. The van der Waals surface area contributed by atoms with E-state index in [-0.39, 0.29) is 6.61 Å². The van der Waals surface area contributed by atoms with E-state index in [0.29, 0.717) is 0 Å². The van der Waals surface area contributed by atoms with Gasteiger partial charge in [0.15, 0.2) is 0 Å². The number of H-pyrrole nitrogens is 1. The van der Waals surface area contributed by atoms with Crippen molar-refractivity contribution in [2.45, 2.75) is 20.3 Å². The van der Waals surface area contributed by atoms with Crippen molar-refractivity contribution in [2.75, 3.05) is 26.2 Å². The number of hydrogen-bond donors (Lipinski definition) is 2. The highest BCUT2D eigenvalue weighted by atomic mass is 16.3. The lowest BCUT2D eigenvalue weighted by molar-refractivity contribution is 0.203. The van der Waals surface area contributed by atoms with Crippen LogP contribution in [0.15, 0.2) is 18.9 Å². The summed E-state index contributed by atoms with van der Waals surface area (Å²) in [6.07, 6.45) is 9.02. The Kier molecular flexibility index (Phi) is 6.47. The van der Waals surface area contributed by atoms with Crippen LogP contribution in [0.1, 0.15) is 30.7 Å². The Labute approximate surface area is 110 Å². The largest absolute Gasteiger partial charge is 0.395 e. The molecule has 0 aromatic carbocycles. The standard InChI is InChI=1S/C15H24N2O/c1-4-7-15-14(5-2)13(12-16-15)8-9-17(6-3)10-11-18/h4-5,7,12,16,18H,2,6,8-11H2,1,3H3/b7-4-. The minimum Gasteiger partial charge on any atom is -0.395 e. The minimum absolute atomic E-state index is 0.221. The smallest absolute Gasteiger partial charge is 0.0558 e. The van der Waals surface area contributed by atoms with Crippen LogP contribution in [0.3, 0.4) is 0 Å². The molecule has 1 heterocycles. The molecule has 0 fully saturated rings. The van der Waals surface area contributed by atoms with Crippen LogP contribution >= 0.6 is 0 Å². The van der Waals surface area contributed by atoms with Crippen molar-refractivity contribution >= 4 is 12.2 Å². The fourth-order valence-electron chi connectivity index (χ4n) is 2.09. The predicted molar refractivity (Wildman–Crippen MR) is 78.5 cm³/mol. The first-order valence-corrected chi connectivity index (χ1v) is 6.55. The van der Waals surface area contributed by atoms with Gasteiger partial charge in [0.1, 0.15) is 0 Å². The van der Waals surface area contributed by atoms with Gasteiger partial charge in [-0.2, -0.15) is 0 Å². The monoisotopic (exact) mass is 248 g/mol. The zero-order valence-corrected chi connectivity index (χ0v) is 11.4. The van der Waals surface area contributed by atoms with Crippen molar-refractivity contribution in [3.8, 4) is 0 Å². The maximum Gasteiger partial charge on any atom is 0.0558 e. The summed E-state index contributed by atoms with van der Waals surface area (Å²) in [4.78, 5) is 5.52. The molecule has 1 aromatic rings. The van der Waals surface area contributed by atoms with Gasteiger partial charge in [0.05, 0.1) is 6.61 Å². The van der Waals surface area contributed by atoms with E-state index in [9.17, 15) is 0 Å². The lowest BCUT2D eigenvalue weighted by Gasteiger charge is -2.18. The number of hydrogen-bond acceptors (Lipinski definition) is 2. The van der Waals surface area contributed by atoms with Crippen LogP contribution in [0.25, 0.3) is 12.2 Å². The zero-order chi connectivity index (χ0) is 13.4. The van der Waals surface area contributed by atoms with Gasteiger partial charge < -0.3 is 15.0 Å². The molecule has 3 heteroatoms. The van der Waals surface area contributed by atoms with E-state index in [1.54, 1.807) is 0 Å². The topological polar surface area (TPSA) is 39.3 Å². The Balaban J connectivity index is 2.69. The second-order valence-corrected chi connectivity index (χ2v) is 4.25. The zero-order valence-electron chi connectivity index (χ0n) is 11.4. The van der Waals surface area contributed by atoms with Gasteiger partial charge in [-0.25, -0.2) is 0 Å². The molecule has 0 saturated heterocycles. The Hall–Kier alpha value is -1.32. The molecule has 2 N–H and O–H groups in total. The second kappa shape index (κ2) is 7.90. The lowest BCUT2D eigenvalue weighted by atomic mass is 10.1. The first-order chi connectivity index (χ1) is 8.76. The number of nitrogens with zero attached hydrogens (tertiary/aromatic N) is 1. The molecule has 0 spiro atoms. The minimum atomic E-state index is 0.221. The van der Waals surface area contributed by atoms with Crippen LogP contribution in [-0.4, -0.2) is 41.2 Å².